The molecular weight excluding hydrogens is 418 g/mol. The van der Waals surface area contributed by atoms with E-state index in [1.807, 2.05) is 10.6 Å². The van der Waals surface area contributed by atoms with Crippen molar-refractivity contribution in [2.75, 3.05) is 18.8 Å². The fourth-order valence-electron chi connectivity index (χ4n) is 6.21. The van der Waals surface area contributed by atoms with Gasteiger partial charge in [-0.2, -0.15) is 0 Å². The average Bonchev–Trinajstić information content (AvgIpc) is 3.08. The predicted molar refractivity (Wildman–Crippen MR) is 115 cm³/mol. The lowest BCUT2D eigenvalue weighted by Gasteiger charge is -2.58. The second kappa shape index (κ2) is 7.56. The highest BCUT2D eigenvalue weighted by Crippen LogP contribution is 2.55. The molecule has 2 atom stereocenters. The molecule has 0 unspecified atom stereocenters. The lowest BCUT2D eigenvalue weighted by molar-refractivity contribution is -0.136. The maximum atomic E-state index is 13.0. The number of fused-ring (bicyclic) bond motifs is 1. The number of sulfone groups is 1. The molecule has 0 radical (unpaired) electrons. The fourth-order valence-corrected chi connectivity index (χ4v) is 6.63. The summed E-state index contributed by atoms with van der Waals surface area (Å²) in [5, 5.41) is 14.0. The van der Waals surface area contributed by atoms with Crippen LogP contribution in [0.3, 0.4) is 0 Å². The van der Waals surface area contributed by atoms with Crippen LogP contribution in [0.15, 0.2) is 24.5 Å². The number of carbonyl (C=O) groups is 1. The molecule has 6 rings (SSSR count). The van der Waals surface area contributed by atoms with Gasteiger partial charge in [-0.25, -0.2) is 13.4 Å². The average molecular weight is 448 g/mol. The zero-order valence-electron chi connectivity index (χ0n) is 17.7. The molecule has 2 N–H and O–H groups in total. The molecule has 4 aliphatic carbocycles. The van der Waals surface area contributed by atoms with Gasteiger partial charge in [-0.05, 0) is 68.1 Å². The number of benzene rings is 1. The zero-order chi connectivity index (χ0) is 21.8. The molecule has 4 saturated carbocycles. The number of rotatable bonds is 7. The molecule has 0 aliphatic heterocycles. The summed E-state index contributed by atoms with van der Waals surface area (Å²) in [6, 6.07) is 5.61. The summed E-state index contributed by atoms with van der Waals surface area (Å²) in [4.78, 5) is 17.4. The molecule has 4 bridgehead atoms. The van der Waals surface area contributed by atoms with E-state index in [-0.39, 0.29) is 24.5 Å². The van der Waals surface area contributed by atoms with Crippen LogP contribution in [0, 0.1) is 17.8 Å². The number of imidazole rings is 1. The first kappa shape index (κ1) is 20.9. The highest BCUT2D eigenvalue weighted by molar-refractivity contribution is 7.90. The summed E-state index contributed by atoms with van der Waals surface area (Å²) >= 11 is 0. The Morgan fingerprint density at radius 2 is 2.03 bits per heavy atom. The number of nitrogens with zero attached hydrogens (tertiary/aromatic N) is 2. The standard InChI is InChI=1S/C22H29N3O5S/c1-31(28,29)13-30-5-4-25-12-23-18-8-15(2-3-19(18)25)21(26)24-20-16-6-14-7-17(20)11-22(27,9-14)10-16/h2-3,8,12,14,16-17,20,27H,4-7,9-11,13H2,1H3,(H,24,26)/t14?,16-,17-,20?,22?/m0/s1. The van der Waals surface area contributed by atoms with Crippen LogP contribution in [0.4, 0.5) is 0 Å². The molecule has 1 amide bonds. The lowest BCUT2D eigenvalue weighted by Crippen LogP contribution is -2.61. The van der Waals surface area contributed by atoms with Gasteiger partial charge in [0.25, 0.3) is 5.91 Å². The molecule has 1 aromatic carbocycles. The van der Waals surface area contributed by atoms with Gasteiger partial charge in [0.1, 0.15) is 5.94 Å². The van der Waals surface area contributed by atoms with E-state index in [0.717, 1.165) is 49.4 Å². The third-order valence-corrected chi connectivity index (χ3v) is 7.79. The van der Waals surface area contributed by atoms with Gasteiger partial charge in [0.2, 0.25) is 0 Å². The third-order valence-electron chi connectivity index (χ3n) is 7.20. The van der Waals surface area contributed by atoms with Gasteiger partial charge in [-0.1, -0.05) is 0 Å². The van der Waals surface area contributed by atoms with E-state index >= 15 is 0 Å². The highest BCUT2D eigenvalue weighted by Gasteiger charge is 2.55. The highest BCUT2D eigenvalue weighted by atomic mass is 32.2. The number of nitrogens with one attached hydrogen (secondary N) is 1. The number of amides is 1. The van der Waals surface area contributed by atoms with E-state index in [1.165, 1.54) is 0 Å². The van der Waals surface area contributed by atoms with E-state index in [0.29, 0.717) is 29.9 Å². The van der Waals surface area contributed by atoms with Crippen LogP contribution in [0.1, 0.15) is 42.5 Å². The second-order valence-electron chi connectivity index (χ2n) is 9.79. The van der Waals surface area contributed by atoms with Crippen molar-refractivity contribution < 1.29 is 23.1 Å². The van der Waals surface area contributed by atoms with E-state index in [9.17, 15) is 18.3 Å². The summed E-state index contributed by atoms with van der Waals surface area (Å²) in [7, 11) is -3.15. The lowest BCUT2D eigenvalue weighted by atomic mass is 9.52. The van der Waals surface area contributed by atoms with Gasteiger partial charge in [-0.3, -0.25) is 4.79 Å². The summed E-state index contributed by atoms with van der Waals surface area (Å²) in [6.07, 6.45) is 7.56. The molecule has 0 saturated heterocycles. The fraction of sp³-hybridized carbons (Fsp3) is 0.636. The van der Waals surface area contributed by atoms with Gasteiger partial charge in [0.05, 0.1) is 29.6 Å². The molecule has 0 spiro atoms. The number of hydrogen-bond acceptors (Lipinski definition) is 6. The summed E-state index contributed by atoms with van der Waals surface area (Å²) < 4.78 is 29.4. The first-order valence-corrected chi connectivity index (χ1v) is 13.0. The zero-order valence-corrected chi connectivity index (χ0v) is 18.5. The smallest absolute Gasteiger partial charge is 0.251 e. The number of aliphatic hydroxyl groups is 1. The Morgan fingerprint density at radius 3 is 2.71 bits per heavy atom. The Bertz CT molecular complexity index is 1100. The topological polar surface area (TPSA) is 111 Å². The molecule has 2 aromatic rings. The van der Waals surface area contributed by atoms with Crippen molar-refractivity contribution in [3.63, 3.8) is 0 Å². The van der Waals surface area contributed by atoms with Gasteiger partial charge in [0, 0.05) is 24.4 Å². The summed E-state index contributed by atoms with van der Waals surface area (Å²) in [6.45, 7) is 0.742. The molecule has 1 aromatic heterocycles. The van der Waals surface area contributed by atoms with Crippen molar-refractivity contribution >= 4 is 26.8 Å². The second-order valence-corrected chi connectivity index (χ2v) is 11.9. The first-order chi connectivity index (χ1) is 14.7. The maximum Gasteiger partial charge on any atom is 0.251 e. The quantitative estimate of drug-likeness (QED) is 0.626. The van der Waals surface area contributed by atoms with Crippen molar-refractivity contribution in [2.45, 2.75) is 50.3 Å². The van der Waals surface area contributed by atoms with E-state index < -0.39 is 15.4 Å². The van der Waals surface area contributed by atoms with Crippen LogP contribution in [-0.2, 0) is 21.1 Å². The van der Waals surface area contributed by atoms with Crippen LogP contribution in [0.2, 0.25) is 0 Å². The van der Waals surface area contributed by atoms with Crippen molar-refractivity contribution in [1.82, 2.24) is 14.9 Å². The number of carbonyl (C=O) groups excluding carboxylic acids is 1. The molecule has 9 heteroatoms. The minimum atomic E-state index is -3.15. The van der Waals surface area contributed by atoms with Crippen LogP contribution >= 0.6 is 0 Å². The third kappa shape index (κ3) is 4.23. The summed E-state index contributed by atoms with van der Waals surface area (Å²) in [5.74, 6) is 0.963. The SMILES string of the molecule is CS(=O)(=O)COCCn1cnc2cc(C(=O)NC3[C@H]4CC5C[C@H]3CC(O)(C5)C4)ccc21. The summed E-state index contributed by atoms with van der Waals surface area (Å²) in [5.41, 5.74) is 1.67. The Kier molecular flexibility index (Phi) is 5.10. The van der Waals surface area contributed by atoms with E-state index in [1.54, 1.807) is 18.5 Å². The number of hydrogen-bond donors (Lipinski definition) is 2. The van der Waals surface area contributed by atoms with Crippen molar-refractivity contribution in [3.05, 3.63) is 30.1 Å². The molecule has 4 aliphatic rings. The van der Waals surface area contributed by atoms with Crippen LogP contribution in [-0.4, -0.2) is 59.4 Å². The van der Waals surface area contributed by atoms with Crippen molar-refractivity contribution in [1.29, 1.82) is 0 Å². The molecule has 1 heterocycles. The van der Waals surface area contributed by atoms with E-state index in [2.05, 4.69) is 10.3 Å². The van der Waals surface area contributed by atoms with Gasteiger partial charge < -0.3 is 19.7 Å². The van der Waals surface area contributed by atoms with Crippen LogP contribution in [0.25, 0.3) is 11.0 Å². The number of ether oxygens (including phenoxy) is 1. The van der Waals surface area contributed by atoms with Gasteiger partial charge in [-0.15, -0.1) is 0 Å². The van der Waals surface area contributed by atoms with Crippen LogP contribution in [0.5, 0.6) is 0 Å². The Balaban J connectivity index is 1.24. The Hall–Kier alpha value is -1.97. The minimum absolute atomic E-state index is 0.0857. The molecule has 31 heavy (non-hydrogen) atoms. The van der Waals surface area contributed by atoms with Crippen LogP contribution < -0.4 is 5.32 Å². The molecular formula is C22H29N3O5S. The normalized spacial score (nSPS) is 31.9. The molecule has 168 valence electrons. The first-order valence-electron chi connectivity index (χ1n) is 10.9. The van der Waals surface area contributed by atoms with E-state index in [4.69, 9.17) is 4.74 Å². The number of aromatic nitrogens is 2. The minimum Gasteiger partial charge on any atom is -0.390 e. The Morgan fingerprint density at radius 1 is 1.29 bits per heavy atom. The molecule has 8 nitrogen and oxygen atoms in total. The van der Waals surface area contributed by atoms with Crippen molar-refractivity contribution in [2.24, 2.45) is 17.8 Å². The monoisotopic (exact) mass is 447 g/mol. The largest absolute Gasteiger partial charge is 0.390 e. The van der Waals surface area contributed by atoms with Crippen molar-refractivity contribution in [3.8, 4) is 0 Å². The Labute approximate surface area is 181 Å². The maximum absolute atomic E-state index is 13.0. The van der Waals surface area contributed by atoms with Gasteiger partial charge in [0.15, 0.2) is 9.84 Å². The molecule has 4 fully saturated rings. The predicted octanol–water partition coefficient (Wildman–Crippen LogP) is 1.72. The van der Waals surface area contributed by atoms with Gasteiger partial charge >= 0.3 is 0 Å².